The first-order valence-electron chi connectivity index (χ1n) is 14.1. The van der Waals surface area contributed by atoms with Gasteiger partial charge in [-0.05, 0) is 66.7 Å². The van der Waals surface area contributed by atoms with Gasteiger partial charge in [0.25, 0.3) is 5.91 Å². The number of hydrogen-bond donors (Lipinski definition) is 3. The molecule has 1 saturated heterocycles. The quantitative estimate of drug-likeness (QED) is 0.189. The number of halogens is 1. The highest BCUT2D eigenvalue weighted by Crippen LogP contribution is 2.29. The molecule has 1 heterocycles. The van der Waals surface area contributed by atoms with Crippen molar-refractivity contribution in [1.82, 2.24) is 10.8 Å². The van der Waals surface area contributed by atoms with Crippen LogP contribution < -0.4 is 40.1 Å². The van der Waals surface area contributed by atoms with Crippen LogP contribution in [-0.4, -0.2) is 52.5 Å². The van der Waals surface area contributed by atoms with Crippen LogP contribution in [0.5, 0.6) is 28.7 Å². The third kappa shape index (κ3) is 8.54. The number of anilines is 2. The van der Waals surface area contributed by atoms with Gasteiger partial charge in [0.15, 0.2) is 5.75 Å². The van der Waals surface area contributed by atoms with Crippen molar-refractivity contribution < 1.29 is 37.8 Å². The molecule has 4 aromatic rings. The van der Waals surface area contributed by atoms with Crippen molar-refractivity contribution >= 4 is 23.3 Å². The Morgan fingerprint density at radius 3 is 2.16 bits per heavy atom. The van der Waals surface area contributed by atoms with E-state index in [1.165, 1.54) is 38.5 Å². The summed E-state index contributed by atoms with van der Waals surface area (Å²) in [5.41, 5.74) is 4.79. The first-order chi connectivity index (χ1) is 21.9. The van der Waals surface area contributed by atoms with Crippen LogP contribution in [0.1, 0.15) is 15.9 Å². The van der Waals surface area contributed by atoms with Gasteiger partial charge in [0, 0.05) is 60.3 Å². The van der Waals surface area contributed by atoms with Crippen molar-refractivity contribution in [2.45, 2.75) is 6.54 Å². The van der Waals surface area contributed by atoms with Gasteiger partial charge in [-0.1, -0.05) is 0 Å². The minimum atomic E-state index is -0.660. The molecule has 4 aromatic carbocycles. The molecule has 0 atom stereocenters. The van der Waals surface area contributed by atoms with Crippen molar-refractivity contribution in [1.29, 1.82) is 0 Å². The Bertz CT molecular complexity index is 1590. The van der Waals surface area contributed by atoms with Gasteiger partial charge >= 0.3 is 6.03 Å². The highest BCUT2D eigenvalue weighted by molar-refractivity contribution is 5.94. The number of hydroxylamine groups is 1. The second-order valence-corrected chi connectivity index (χ2v) is 9.91. The molecule has 3 N–H and O–H groups in total. The van der Waals surface area contributed by atoms with Crippen LogP contribution in [-0.2, 0) is 11.3 Å². The third-order valence-electron chi connectivity index (χ3n) is 6.89. The Kier molecular flexibility index (Phi) is 10.2. The highest BCUT2D eigenvalue weighted by atomic mass is 19.1. The monoisotopic (exact) mass is 616 g/mol. The predicted molar refractivity (Wildman–Crippen MR) is 166 cm³/mol. The molecule has 1 aliphatic rings. The van der Waals surface area contributed by atoms with E-state index < -0.39 is 6.03 Å². The first-order valence-corrected chi connectivity index (χ1v) is 14.1. The summed E-state index contributed by atoms with van der Waals surface area (Å²) in [5, 5.41) is 5.55. The van der Waals surface area contributed by atoms with Crippen LogP contribution >= 0.6 is 0 Å². The van der Waals surface area contributed by atoms with E-state index in [1.807, 2.05) is 12.1 Å². The molecule has 0 aromatic heterocycles. The molecule has 45 heavy (non-hydrogen) atoms. The van der Waals surface area contributed by atoms with E-state index >= 15 is 0 Å². The Labute approximate surface area is 259 Å². The molecule has 12 heteroatoms. The third-order valence-corrected chi connectivity index (χ3v) is 6.89. The van der Waals surface area contributed by atoms with Crippen molar-refractivity contribution in [2.24, 2.45) is 0 Å². The largest absolute Gasteiger partial charge is 0.497 e. The summed E-state index contributed by atoms with van der Waals surface area (Å²) in [6, 6.07) is 22.1. The van der Waals surface area contributed by atoms with Crippen LogP contribution in [0.4, 0.5) is 20.6 Å². The van der Waals surface area contributed by atoms with Gasteiger partial charge in [-0.2, -0.15) is 5.48 Å². The summed E-state index contributed by atoms with van der Waals surface area (Å²) in [6.07, 6.45) is 0. The zero-order valence-corrected chi connectivity index (χ0v) is 24.8. The number of urea groups is 1. The molecular formula is C33H33FN4O7. The number of carbonyl (C=O) groups is 2. The fourth-order valence-electron chi connectivity index (χ4n) is 4.56. The maximum absolute atomic E-state index is 13.4. The fourth-order valence-corrected chi connectivity index (χ4v) is 4.56. The van der Waals surface area contributed by atoms with Crippen LogP contribution in [0.3, 0.4) is 0 Å². The maximum Gasteiger partial charge on any atom is 0.352 e. The zero-order chi connectivity index (χ0) is 31.6. The summed E-state index contributed by atoms with van der Waals surface area (Å²) < 4.78 is 35.1. The van der Waals surface area contributed by atoms with Crippen LogP contribution in [0.25, 0.3) is 0 Å². The van der Waals surface area contributed by atoms with Crippen molar-refractivity contribution in [3.05, 3.63) is 102 Å². The number of rotatable bonds is 11. The predicted octanol–water partition coefficient (Wildman–Crippen LogP) is 5.52. The van der Waals surface area contributed by atoms with Gasteiger partial charge in [0.1, 0.15) is 28.8 Å². The van der Waals surface area contributed by atoms with Crippen molar-refractivity contribution in [2.75, 3.05) is 50.7 Å². The number of nitrogens with one attached hydrogen (secondary N) is 3. The molecule has 0 aliphatic carbocycles. The van der Waals surface area contributed by atoms with Gasteiger partial charge in [-0.25, -0.2) is 9.18 Å². The molecular weight excluding hydrogens is 583 g/mol. The van der Waals surface area contributed by atoms with E-state index in [4.69, 9.17) is 23.8 Å². The standard InChI is InChI=1S/C33H33FN4O7/c1-41-29-18-25(19-30(20-29)42-2)36-33(40)37-45-31-12-11-28(44-27-9-5-24(34)6-10-27)17-23(31)21-35-32(39)22-3-7-26(8-4-22)38-13-15-43-16-14-38/h3-12,17-20H,13-16,21H2,1-2H3,(H,35,39)(H2,36,37,40). The van der Waals surface area contributed by atoms with E-state index in [2.05, 4.69) is 21.0 Å². The lowest BCUT2D eigenvalue weighted by Crippen LogP contribution is -2.36. The number of morpholine rings is 1. The van der Waals surface area contributed by atoms with Gasteiger partial charge in [0.05, 0.1) is 27.4 Å². The molecule has 234 valence electrons. The maximum atomic E-state index is 13.4. The smallest absolute Gasteiger partial charge is 0.352 e. The van der Waals surface area contributed by atoms with Gasteiger partial charge < -0.3 is 39.3 Å². The molecule has 0 bridgehead atoms. The van der Waals surface area contributed by atoms with Gasteiger partial charge in [-0.15, -0.1) is 0 Å². The van der Waals surface area contributed by atoms with E-state index in [0.29, 0.717) is 53.0 Å². The minimum absolute atomic E-state index is 0.0520. The number of nitrogens with zero attached hydrogens (tertiary/aromatic N) is 1. The zero-order valence-electron chi connectivity index (χ0n) is 24.8. The van der Waals surface area contributed by atoms with Crippen LogP contribution in [0, 0.1) is 5.82 Å². The summed E-state index contributed by atoms with van der Waals surface area (Å²) in [4.78, 5) is 33.5. The van der Waals surface area contributed by atoms with E-state index in [0.717, 1.165) is 18.8 Å². The molecule has 0 radical (unpaired) electrons. The summed E-state index contributed by atoms with van der Waals surface area (Å²) >= 11 is 0. The lowest BCUT2D eigenvalue weighted by atomic mass is 10.1. The van der Waals surface area contributed by atoms with Gasteiger partial charge in [-0.3, -0.25) is 4.79 Å². The number of benzene rings is 4. The molecule has 1 fully saturated rings. The lowest BCUT2D eigenvalue weighted by molar-refractivity contribution is 0.0950. The molecule has 0 unspecified atom stereocenters. The Morgan fingerprint density at radius 2 is 1.49 bits per heavy atom. The number of methoxy groups -OCH3 is 2. The fraction of sp³-hybridized carbons (Fsp3) is 0.212. The molecule has 0 spiro atoms. The van der Waals surface area contributed by atoms with E-state index in [-0.39, 0.29) is 24.0 Å². The van der Waals surface area contributed by atoms with Crippen molar-refractivity contribution in [3.8, 4) is 28.7 Å². The second kappa shape index (κ2) is 14.8. The molecule has 3 amide bonds. The molecule has 11 nitrogen and oxygen atoms in total. The Hall–Kier alpha value is -5.49. The van der Waals surface area contributed by atoms with Crippen LogP contribution in [0.2, 0.25) is 0 Å². The average Bonchev–Trinajstić information content (AvgIpc) is 3.08. The highest BCUT2D eigenvalue weighted by Gasteiger charge is 2.15. The molecule has 1 aliphatic heterocycles. The molecule has 0 saturated carbocycles. The molecule has 5 rings (SSSR count). The minimum Gasteiger partial charge on any atom is -0.497 e. The second-order valence-electron chi connectivity index (χ2n) is 9.91. The summed E-state index contributed by atoms with van der Waals surface area (Å²) in [7, 11) is 3.01. The Balaban J connectivity index is 1.27. The van der Waals surface area contributed by atoms with E-state index in [1.54, 1.807) is 48.5 Å². The van der Waals surface area contributed by atoms with Gasteiger partial charge in [0.2, 0.25) is 0 Å². The topological polar surface area (TPSA) is 120 Å². The van der Waals surface area contributed by atoms with Crippen LogP contribution in [0.15, 0.2) is 84.9 Å². The SMILES string of the molecule is COc1cc(NC(=O)NOc2ccc(Oc3ccc(F)cc3)cc2CNC(=O)c2ccc(N3CCOCC3)cc2)cc(OC)c1. The number of amides is 3. The van der Waals surface area contributed by atoms with Crippen molar-refractivity contribution in [3.63, 3.8) is 0 Å². The number of ether oxygens (including phenoxy) is 4. The number of hydrogen-bond acceptors (Lipinski definition) is 8. The normalized spacial score (nSPS) is 12.6. The van der Waals surface area contributed by atoms with E-state index in [9.17, 15) is 14.0 Å². The summed E-state index contributed by atoms with van der Waals surface area (Å²) in [6.45, 7) is 2.98. The number of carbonyl (C=O) groups excluding carboxylic acids is 2. The Morgan fingerprint density at radius 1 is 0.822 bits per heavy atom. The first kappa shape index (κ1) is 31.0. The average molecular weight is 617 g/mol. The summed E-state index contributed by atoms with van der Waals surface area (Å²) in [5.74, 6) is 1.42. The lowest BCUT2D eigenvalue weighted by Gasteiger charge is -2.28.